The standard InChI is InChI=1S/C16H26N2O2/c1-3-4-14-16(20)18(10(2)15(19)17-14)9-13(11-5-6-11)12-7-8-12/h10-14H,3-9H2,1-2H3,(H,17,19). The molecule has 1 saturated heterocycles. The zero-order valence-electron chi connectivity index (χ0n) is 12.6. The Kier molecular flexibility index (Phi) is 3.74. The van der Waals surface area contributed by atoms with Gasteiger partial charge in [-0.15, -0.1) is 0 Å². The lowest BCUT2D eigenvalue weighted by Gasteiger charge is -2.39. The zero-order chi connectivity index (χ0) is 14.3. The van der Waals surface area contributed by atoms with Crippen LogP contribution in [0.25, 0.3) is 0 Å². The first kappa shape index (κ1) is 13.9. The molecule has 1 heterocycles. The molecule has 3 rings (SSSR count). The normalized spacial score (nSPS) is 30.9. The largest absolute Gasteiger partial charge is 0.343 e. The van der Waals surface area contributed by atoms with Gasteiger partial charge in [0.25, 0.3) is 0 Å². The van der Waals surface area contributed by atoms with E-state index in [1.165, 1.54) is 25.7 Å². The zero-order valence-corrected chi connectivity index (χ0v) is 12.6. The van der Waals surface area contributed by atoms with Gasteiger partial charge < -0.3 is 10.2 Å². The van der Waals surface area contributed by atoms with Crippen molar-refractivity contribution in [2.45, 2.75) is 64.5 Å². The topological polar surface area (TPSA) is 49.4 Å². The van der Waals surface area contributed by atoms with E-state index in [2.05, 4.69) is 12.2 Å². The minimum absolute atomic E-state index is 0.0217. The van der Waals surface area contributed by atoms with E-state index >= 15 is 0 Å². The average Bonchev–Trinajstić information content (AvgIpc) is 3.27. The van der Waals surface area contributed by atoms with Gasteiger partial charge in [0.1, 0.15) is 12.1 Å². The highest BCUT2D eigenvalue weighted by Gasteiger charge is 2.45. The van der Waals surface area contributed by atoms with E-state index in [4.69, 9.17) is 0 Å². The molecule has 112 valence electrons. The maximum Gasteiger partial charge on any atom is 0.245 e. The van der Waals surface area contributed by atoms with Crippen LogP contribution in [0, 0.1) is 17.8 Å². The fourth-order valence-electron chi connectivity index (χ4n) is 3.58. The van der Waals surface area contributed by atoms with E-state index < -0.39 is 0 Å². The molecule has 1 N–H and O–H groups in total. The summed E-state index contributed by atoms with van der Waals surface area (Å²) in [4.78, 5) is 26.6. The smallest absolute Gasteiger partial charge is 0.245 e. The predicted molar refractivity (Wildman–Crippen MR) is 77.0 cm³/mol. The van der Waals surface area contributed by atoms with Crippen LogP contribution in [0.5, 0.6) is 0 Å². The highest BCUT2D eigenvalue weighted by molar-refractivity contribution is 5.96. The number of hydrogen-bond donors (Lipinski definition) is 1. The molecule has 3 aliphatic rings. The number of carbonyl (C=O) groups is 2. The van der Waals surface area contributed by atoms with Gasteiger partial charge in [0.2, 0.25) is 11.8 Å². The van der Waals surface area contributed by atoms with Gasteiger partial charge in [0.05, 0.1) is 0 Å². The predicted octanol–water partition coefficient (Wildman–Crippen LogP) is 1.94. The molecule has 20 heavy (non-hydrogen) atoms. The van der Waals surface area contributed by atoms with Crippen LogP contribution >= 0.6 is 0 Å². The quantitative estimate of drug-likeness (QED) is 0.807. The molecule has 2 amide bonds. The molecular weight excluding hydrogens is 252 g/mol. The van der Waals surface area contributed by atoms with Crippen molar-refractivity contribution in [2.75, 3.05) is 6.54 Å². The van der Waals surface area contributed by atoms with E-state index in [1.54, 1.807) is 0 Å². The van der Waals surface area contributed by atoms with E-state index in [1.807, 2.05) is 11.8 Å². The fraction of sp³-hybridized carbons (Fsp3) is 0.875. The van der Waals surface area contributed by atoms with Crippen LogP contribution in [0.1, 0.15) is 52.4 Å². The van der Waals surface area contributed by atoms with Crippen molar-refractivity contribution in [1.82, 2.24) is 10.2 Å². The molecule has 0 aromatic carbocycles. The summed E-state index contributed by atoms with van der Waals surface area (Å²) < 4.78 is 0. The Balaban J connectivity index is 1.70. The Morgan fingerprint density at radius 1 is 1.20 bits per heavy atom. The first-order chi connectivity index (χ1) is 9.61. The lowest BCUT2D eigenvalue weighted by atomic mass is 9.94. The lowest BCUT2D eigenvalue weighted by Crippen LogP contribution is -2.63. The van der Waals surface area contributed by atoms with Crippen LogP contribution in [0.3, 0.4) is 0 Å². The summed E-state index contributed by atoms with van der Waals surface area (Å²) in [6.07, 6.45) is 6.97. The molecule has 2 aliphatic carbocycles. The summed E-state index contributed by atoms with van der Waals surface area (Å²) in [7, 11) is 0. The number of hydrogen-bond acceptors (Lipinski definition) is 2. The Hall–Kier alpha value is -1.06. The van der Waals surface area contributed by atoms with Crippen LogP contribution < -0.4 is 5.32 Å². The summed E-state index contributed by atoms with van der Waals surface area (Å²) in [6.45, 7) is 4.73. The minimum atomic E-state index is -0.296. The van der Waals surface area contributed by atoms with Crippen molar-refractivity contribution >= 4 is 11.8 Å². The van der Waals surface area contributed by atoms with Crippen molar-refractivity contribution in [3.05, 3.63) is 0 Å². The summed E-state index contributed by atoms with van der Waals surface area (Å²) in [5.74, 6) is 2.45. The van der Waals surface area contributed by atoms with Crippen molar-refractivity contribution in [2.24, 2.45) is 17.8 Å². The Bertz CT molecular complexity index is 389. The van der Waals surface area contributed by atoms with Gasteiger partial charge in [-0.05, 0) is 56.8 Å². The number of piperazine rings is 1. The summed E-state index contributed by atoms with van der Waals surface area (Å²) in [6, 6.07) is -0.585. The lowest BCUT2D eigenvalue weighted by molar-refractivity contribution is -0.149. The van der Waals surface area contributed by atoms with Gasteiger partial charge in [-0.25, -0.2) is 0 Å². The van der Waals surface area contributed by atoms with Gasteiger partial charge in [-0.3, -0.25) is 9.59 Å². The van der Waals surface area contributed by atoms with Crippen molar-refractivity contribution in [3.63, 3.8) is 0 Å². The maximum atomic E-state index is 12.6. The molecular formula is C16H26N2O2. The summed E-state index contributed by atoms with van der Waals surface area (Å²) >= 11 is 0. The van der Waals surface area contributed by atoms with E-state index in [0.717, 1.165) is 31.2 Å². The first-order valence-corrected chi connectivity index (χ1v) is 8.22. The summed E-state index contributed by atoms with van der Waals surface area (Å²) in [5.41, 5.74) is 0. The molecule has 4 heteroatoms. The molecule has 0 aromatic heterocycles. The van der Waals surface area contributed by atoms with Gasteiger partial charge in [0.15, 0.2) is 0 Å². The molecule has 0 spiro atoms. The molecule has 2 unspecified atom stereocenters. The second kappa shape index (κ2) is 5.38. The third kappa shape index (κ3) is 2.70. The second-order valence-corrected chi connectivity index (χ2v) is 6.86. The Morgan fingerprint density at radius 2 is 1.80 bits per heavy atom. The van der Waals surface area contributed by atoms with Crippen LogP contribution in [-0.2, 0) is 9.59 Å². The van der Waals surface area contributed by atoms with Gasteiger partial charge in [0, 0.05) is 6.54 Å². The fourth-order valence-corrected chi connectivity index (χ4v) is 3.58. The number of amides is 2. The molecule has 3 fully saturated rings. The molecule has 0 radical (unpaired) electrons. The number of nitrogens with one attached hydrogen (secondary N) is 1. The minimum Gasteiger partial charge on any atom is -0.343 e. The monoisotopic (exact) mass is 278 g/mol. The summed E-state index contributed by atoms with van der Waals surface area (Å²) in [5, 5.41) is 2.88. The number of rotatable bonds is 6. The Morgan fingerprint density at radius 3 is 2.30 bits per heavy atom. The van der Waals surface area contributed by atoms with Crippen LogP contribution in [0.4, 0.5) is 0 Å². The molecule has 1 aliphatic heterocycles. The van der Waals surface area contributed by atoms with Crippen molar-refractivity contribution in [3.8, 4) is 0 Å². The Labute approximate surface area is 121 Å². The van der Waals surface area contributed by atoms with E-state index in [9.17, 15) is 9.59 Å². The average molecular weight is 278 g/mol. The molecule has 2 saturated carbocycles. The highest BCUT2D eigenvalue weighted by atomic mass is 16.2. The maximum absolute atomic E-state index is 12.6. The van der Waals surface area contributed by atoms with Crippen LogP contribution in [-0.4, -0.2) is 35.3 Å². The van der Waals surface area contributed by atoms with E-state index in [0.29, 0.717) is 5.92 Å². The number of nitrogens with zero attached hydrogens (tertiary/aromatic N) is 1. The highest BCUT2D eigenvalue weighted by Crippen LogP contribution is 2.49. The molecule has 0 bridgehead atoms. The number of carbonyl (C=O) groups excluding carboxylic acids is 2. The molecule has 0 aromatic rings. The first-order valence-electron chi connectivity index (χ1n) is 8.22. The van der Waals surface area contributed by atoms with Crippen molar-refractivity contribution in [1.29, 1.82) is 0 Å². The van der Waals surface area contributed by atoms with Gasteiger partial charge in [-0.2, -0.15) is 0 Å². The molecule has 4 nitrogen and oxygen atoms in total. The third-order valence-corrected chi connectivity index (χ3v) is 5.18. The van der Waals surface area contributed by atoms with Crippen LogP contribution in [0.2, 0.25) is 0 Å². The van der Waals surface area contributed by atoms with Crippen LogP contribution in [0.15, 0.2) is 0 Å². The van der Waals surface area contributed by atoms with E-state index in [-0.39, 0.29) is 23.9 Å². The van der Waals surface area contributed by atoms with Gasteiger partial charge >= 0.3 is 0 Å². The second-order valence-electron chi connectivity index (χ2n) is 6.86. The third-order valence-electron chi connectivity index (χ3n) is 5.18. The van der Waals surface area contributed by atoms with Crippen molar-refractivity contribution < 1.29 is 9.59 Å². The SMILES string of the molecule is CCCC1NC(=O)C(C)N(CC(C2CC2)C2CC2)C1=O. The van der Waals surface area contributed by atoms with Gasteiger partial charge in [-0.1, -0.05) is 13.3 Å². The molecule has 2 atom stereocenters.